The summed E-state index contributed by atoms with van der Waals surface area (Å²) in [6.45, 7) is 2.38. The molecule has 1 aliphatic heterocycles. The minimum absolute atomic E-state index is 0. The first-order valence-electron chi connectivity index (χ1n) is 5.10. The fourth-order valence-electron chi connectivity index (χ4n) is 1.64. The monoisotopic (exact) mass is 269 g/mol. The molecule has 0 bridgehead atoms. The number of nitrogens with zero attached hydrogens (tertiary/aromatic N) is 1. The maximum Gasteiger partial charge on any atom is -0.870 e. The van der Waals surface area contributed by atoms with Gasteiger partial charge >= 0.3 is 100 Å². The van der Waals surface area contributed by atoms with E-state index in [2.05, 4.69) is 0 Å². The Balaban J connectivity index is 0.00000144. The summed E-state index contributed by atoms with van der Waals surface area (Å²) in [6, 6.07) is 4.93. The molecular weight excluding hydrogens is 256 g/mol. The first kappa shape index (κ1) is 16.9. The number of amides is 1. The van der Waals surface area contributed by atoms with Gasteiger partial charge in [-0.3, -0.25) is 0 Å². The van der Waals surface area contributed by atoms with Gasteiger partial charge in [0.1, 0.15) is 0 Å². The summed E-state index contributed by atoms with van der Waals surface area (Å²) < 4.78 is 5.19. The van der Waals surface area contributed by atoms with Crippen LogP contribution >= 0.6 is 11.6 Å². The molecule has 0 saturated carbocycles. The zero-order valence-corrected chi connectivity index (χ0v) is 10.4. The molecule has 1 saturated heterocycles. The van der Waals surface area contributed by atoms with Gasteiger partial charge in [-0.25, -0.2) is 0 Å². The molecule has 1 aromatic rings. The molecule has 1 heterocycles. The van der Waals surface area contributed by atoms with Crippen LogP contribution in [0.2, 0.25) is 5.02 Å². The van der Waals surface area contributed by atoms with E-state index < -0.39 is 0 Å². The van der Waals surface area contributed by atoms with E-state index in [9.17, 15) is 4.79 Å². The molecule has 1 amide bonds. The topological polar surface area (TPSA) is 89.5 Å². The third-order valence-corrected chi connectivity index (χ3v) is 2.83. The summed E-state index contributed by atoms with van der Waals surface area (Å²) in [6.07, 6.45) is 0. The van der Waals surface area contributed by atoms with Crippen LogP contribution in [-0.2, 0) is 4.74 Å². The Labute approximate surface area is 112 Å². The molecule has 0 spiro atoms. The summed E-state index contributed by atoms with van der Waals surface area (Å²) in [4.78, 5) is 13.8. The third-order valence-electron chi connectivity index (χ3n) is 2.52. The van der Waals surface area contributed by atoms with Crippen molar-refractivity contribution in [1.82, 2.24) is 4.90 Å². The average Bonchev–Trinajstić information content (AvgIpc) is 2.29. The van der Waals surface area contributed by atoms with Crippen molar-refractivity contribution in [3.8, 4) is 0 Å². The molecule has 1 fully saturated rings. The van der Waals surface area contributed by atoms with Gasteiger partial charge in [-0.05, 0) is 0 Å². The van der Waals surface area contributed by atoms with Crippen LogP contribution < -0.4 is 5.46 Å². The minimum atomic E-state index is -0.0618. The fraction of sp³-hybridized carbons (Fsp3) is 0.364. The van der Waals surface area contributed by atoms with Crippen LogP contribution in [0.3, 0.4) is 0 Å². The Morgan fingerprint density at radius 2 is 1.89 bits per heavy atom. The van der Waals surface area contributed by atoms with Gasteiger partial charge in [-0.1, -0.05) is 0 Å². The number of carbonyl (C=O) groups is 1. The number of benzene rings is 1. The number of rotatable bonds is 1. The van der Waals surface area contributed by atoms with E-state index in [1.165, 1.54) is 0 Å². The second kappa shape index (κ2) is 7.38. The molecular formula is C11H13BClNO4. The Bertz CT molecular complexity index is 410. The summed E-state index contributed by atoms with van der Waals surface area (Å²) in [7, 11) is 5.58. The van der Waals surface area contributed by atoms with Crippen LogP contribution in [0.5, 0.6) is 0 Å². The predicted octanol–water partition coefficient (Wildman–Crippen LogP) is 0.253. The zero-order chi connectivity index (χ0) is 11.5. The van der Waals surface area contributed by atoms with E-state index in [4.69, 9.17) is 24.2 Å². The molecule has 2 rings (SSSR count). The molecule has 2 N–H and O–H groups in total. The fourth-order valence-corrected chi connectivity index (χ4v) is 1.91. The van der Waals surface area contributed by atoms with Crippen molar-refractivity contribution in [2.45, 2.75) is 0 Å². The maximum absolute atomic E-state index is 12.1. The number of ether oxygens (including phenoxy) is 1. The van der Waals surface area contributed by atoms with Crippen molar-refractivity contribution in [2.24, 2.45) is 0 Å². The molecule has 1 aromatic carbocycles. The minimum Gasteiger partial charge on any atom is -0.870 e. The van der Waals surface area contributed by atoms with Crippen molar-refractivity contribution >= 4 is 30.8 Å². The van der Waals surface area contributed by atoms with E-state index in [0.29, 0.717) is 42.4 Å². The van der Waals surface area contributed by atoms with Gasteiger partial charge in [0.05, 0.1) is 0 Å². The number of hydrogen-bond acceptors (Lipinski definition) is 4. The van der Waals surface area contributed by atoms with Crippen molar-refractivity contribution in [3.63, 3.8) is 0 Å². The number of hydrogen-bond donors (Lipinski definition) is 0. The average molecular weight is 269 g/mol. The van der Waals surface area contributed by atoms with Gasteiger partial charge in [0.15, 0.2) is 0 Å². The largest absolute Gasteiger partial charge is 0.870 e. The standard InChI is InChI=1S/C11H11BClNO2.2H2O/c12-8-1-2-9(10(13)7-8)11(15)14-3-5-16-6-4-14;;/h1-2,7H,3-6H2;2*1H2/q+2;;/p-2. The van der Waals surface area contributed by atoms with Gasteiger partial charge < -0.3 is 11.0 Å². The smallest absolute Gasteiger partial charge is 0.870 e. The zero-order valence-electron chi connectivity index (χ0n) is 9.67. The van der Waals surface area contributed by atoms with Gasteiger partial charge in [0.25, 0.3) is 0 Å². The van der Waals surface area contributed by atoms with Gasteiger partial charge in [-0.2, -0.15) is 0 Å². The molecule has 0 atom stereocenters. The van der Waals surface area contributed by atoms with Gasteiger partial charge in [-0.15, -0.1) is 0 Å². The molecule has 0 aliphatic carbocycles. The quantitative estimate of drug-likeness (QED) is 0.684. The summed E-state index contributed by atoms with van der Waals surface area (Å²) in [5.41, 5.74) is 1.06. The van der Waals surface area contributed by atoms with Crippen molar-refractivity contribution in [2.75, 3.05) is 26.3 Å². The third kappa shape index (κ3) is 3.71. The van der Waals surface area contributed by atoms with Gasteiger partial charge in [0, 0.05) is 0 Å². The molecule has 0 aromatic heterocycles. The van der Waals surface area contributed by atoms with E-state index in [0.717, 1.165) is 0 Å². The Hall–Kier alpha value is -1.08. The van der Waals surface area contributed by atoms with Crippen LogP contribution in [0.1, 0.15) is 10.4 Å². The maximum atomic E-state index is 12.1. The van der Waals surface area contributed by atoms with E-state index in [1.54, 1.807) is 23.1 Å². The van der Waals surface area contributed by atoms with Crippen molar-refractivity contribution in [1.29, 1.82) is 0 Å². The first-order chi connectivity index (χ1) is 7.68. The second-order valence-corrected chi connectivity index (χ2v) is 4.05. The molecule has 5 nitrogen and oxygen atoms in total. The Morgan fingerprint density at radius 1 is 1.28 bits per heavy atom. The second-order valence-electron chi connectivity index (χ2n) is 3.64. The SMILES string of the molecule is [B+2]c1ccc(C(=O)N2CCOCC2)c(Cl)c1.[OH-].[OH-]. The van der Waals surface area contributed by atoms with Crippen molar-refractivity contribution in [3.05, 3.63) is 28.8 Å². The van der Waals surface area contributed by atoms with Crippen LogP contribution in [0, 0.1) is 0 Å². The number of morpholine rings is 1. The first-order valence-corrected chi connectivity index (χ1v) is 5.48. The summed E-state index contributed by atoms with van der Waals surface area (Å²) >= 11 is 5.98. The van der Waals surface area contributed by atoms with Crippen LogP contribution in [0.25, 0.3) is 0 Å². The van der Waals surface area contributed by atoms with Crippen LogP contribution in [-0.4, -0.2) is 55.9 Å². The molecule has 0 radical (unpaired) electrons. The predicted molar refractivity (Wildman–Crippen MR) is 67.4 cm³/mol. The number of halogens is 1. The van der Waals surface area contributed by atoms with E-state index in [1.807, 2.05) is 0 Å². The molecule has 96 valence electrons. The molecule has 1 aliphatic rings. The summed E-state index contributed by atoms with van der Waals surface area (Å²) in [5.74, 6) is -0.0618. The summed E-state index contributed by atoms with van der Waals surface area (Å²) in [5, 5.41) is 0.400. The number of carbonyl (C=O) groups excluding carboxylic acids is 1. The van der Waals surface area contributed by atoms with Crippen molar-refractivity contribution < 1.29 is 20.5 Å². The molecule has 18 heavy (non-hydrogen) atoms. The molecule has 7 heteroatoms. The van der Waals surface area contributed by atoms with Crippen LogP contribution in [0.4, 0.5) is 0 Å². The van der Waals surface area contributed by atoms with E-state index in [-0.39, 0.29) is 16.9 Å². The van der Waals surface area contributed by atoms with E-state index >= 15 is 0 Å². The Morgan fingerprint density at radius 3 is 2.44 bits per heavy atom. The molecule has 0 unspecified atom stereocenters. The normalized spacial score (nSPS) is 14.5. The Kier molecular flexibility index (Phi) is 6.94. The van der Waals surface area contributed by atoms with Crippen LogP contribution in [0.15, 0.2) is 18.2 Å². The van der Waals surface area contributed by atoms with Gasteiger partial charge in [0.2, 0.25) is 0 Å².